The van der Waals surface area contributed by atoms with E-state index in [1.807, 2.05) is 52.0 Å². The molecule has 0 saturated heterocycles. The molecule has 2 aromatic carbocycles. The van der Waals surface area contributed by atoms with E-state index in [0.717, 1.165) is 11.1 Å². The minimum absolute atomic E-state index is 0.120. The lowest BCUT2D eigenvalue weighted by molar-refractivity contribution is -0.115. The molecule has 2 rings (SSSR count). The smallest absolute Gasteiger partial charge is 0.253 e. The van der Waals surface area contributed by atoms with Crippen LogP contribution in [0.2, 0.25) is 0 Å². The number of hydrogen-bond donors (Lipinski definition) is 3. The molecule has 0 bridgehead atoms. The number of benzene rings is 2. The Morgan fingerprint density at radius 2 is 1.64 bits per heavy atom. The molecule has 0 saturated carbocycles. The fourth-order valence-corrected chi connectivity index (χ4v) is 2.57. The van der Waals surface area contributed by atoms with Crippen molar-refractivity contribution >= 4 is 40.9 Å². The summed E-state index contributed by atoms with van der Waals surface area (Å²) >= 11 is 5.21. The summed E-state index contributed by atoms with van der Waals surface area (Å²) in [6, 6.07) is 14.8. The summed E-state index contributed by atoms with van der Waals surface area (Å²) < 4.78 is 0. The van der Waals surface area contributed by atoms with Gasteiger partial charge in [0.2, 0.25) is 5.91 Å². The zero-order chi connectivity index (χ0) is 20.7. The van der Waals surface area contributed by atoms with Crippen LogP contribution in [0.25, 0.3) is 6.08 Å². The zero-order valence-electron chi connectivity index (χ0n) is 16.5. The van der Waals surface area contributed by atoms with Gasteiger partial charge in [0.1, 0.15) is 0 Å². The standard InChI is InChI=1S/C22H25N3O2S/c1-15-9-11-16(12-10-15)13-14-19(26)24-21(28)23-18-8-6-5-7-17(18)20(27)25-22(2,3)4/h5-14H,1-4H3,(H,25,27)(H2,23,24,26,28). The number of carbonyl (C=O) groups excluding carboxylic acids is 2. The molecule has 5 nitrogen and oxygen atoms in total. The van der Waals surface area contributed by atoms with Crippen LogP contribution in [0, 0.1) is 6.92 Å². The lowest BCUT2D eigenvalue weighted by Gasteiger charge is -2.21. The highest BCUT2D eigenvalue weighted by Crippen LogP contribution is 2.16. The monoisotopic (exact) mass is 395 g/mol. The van der Waals surface area contributed by atoms with Gasteiger partial charge in [0.15, 0.2) is 5.11 Å². The number of thiocarbonyl (C=S) groups is 1. The molecule has 0 fully saturated rings. The van der Waals surface area contributed by atoms with Crippen molar-refractivity contribution < 1.29 is 9.59 Å². The number of amides is 2. The third kappa shape index (κ3) is 6.96. The van der Waals surface area contributed by atoms with Crippen LogP contribution in [-0.2, 0) is 4.79 Å². The molecule has 2 aromatic rings. The van der Waals surface area contributed by atoms with E-state index < -0.39 is 0 Å². The van der Waals surface area contributed by atoms with Crippen molar-refractivity contribution in [2.45, 2.75) is 33.2 Å². The van der Waals surface area contributed by atoms with Crippen LogP contribution in [0.15, 0.2) is 54.6 Å². The third-order valence-corrected chi connectivity index (χ3v) is 3.85. The van der Waals surface area contributed by atoms with Gasteiger partial charge in [-0.15, -0.1) is 0 Å². The first-order chi connectivity index (χ1) is 13.1. The molecule has 0 aliphatic heterocycles. The second kappa shape index (κ2) is 9.28. The minimum atomic E-state index is -0.361. The Balaban J connectivity index is 2.00. The van der Waals surface area contributed by atoms with Crippen molar-refractivity contribution in [2.75, 3.05) is 5.32 Å². The second-order valence-corrected chi connectivity index (χ2v) is 7.85. The quantitative estimate of drug-likeness (QED) is 0.540. The fourth-order valence-electron chi connectivity index (χ4n) is 2.35. The molecule has 6 heteroatoms. The summed E-state index contributed by atoms with van der Waals surface area (Å²) in [4.78, 5) is 24.6. The fraction of sp³-hybridized carbons (Fsp3) is 0.227. The zero-order valence-corrected chi connectivity index (χ0v) is 17.3. The van der Waals surface area contributed by atoms with E-state index in [1.165, 1.54) is 6.08 Å². The van der Waals surface area contributed by atoms with Crippen LogP contribution >= 0.6 is 12.2 Å². The Bertz CT molecular complexity index is 897. The summed E-state index contributed by atoms with van der Waals surface area (Å²) in [5, 5.41) is 8.54. The molecule has 3 N–H and O–H groups in total. The predicted molar refractivity (Wildman–Crippen MR) is 118 cm³/mol. The number of rotatable bonds is 4. The Labute approximate surface area is 171 Å². The van der Waals surface area contributed by atoms with Crippen LogP contribution in [0.4, 0.5) is 5.69 Å². The van der Waals surface area contributed by atoms with E-state index in [2.05, 4.69) is 16.0 Å². The minimum Gasteiger partial charge on any atom is -0.347 e. The third-order valence-electron chi connectivity index (χ3n) is 3.65. The Hall–Kier alpha value is -2.99. The van der Waals surface area contributed by atoms with E-state index >= 15 is 0 Å². The topological polar surface area (TPSA) is 70.2 Å². The first-order valence-electron chi connectivity index (χ1n) is 8.92. The number of hydrogen-bond acceptors (Lipinski definition) is 3. The van der Waals surface area contributed by atoms with Gasteiger partial charge in [0.25, 0.3) is 5.91 Å². The van der Waals surface area contributed by atoms with Crippen molar-refractivity contribution in [3.05, 3.63) is 71.3 Å². The molecule has 0 aliphatic rings. The van der Waals surface area contributed by atoms with E-state index in [0.29, 0.717) is 11.3 Å². The van der Waals surface area contributed by atoms with Crippen molar-refractivity contribution in [2.24, 2.45) is 0 Å². The molecule has 0 unspecified atom stereocenters. The molecule has 0 aromatic heterocycles. The average Bonchev–Trinajstić information content (AvgIpc) is 2.60. The Morgan fingerprint density at radius 3 is 2.29 bits per heavy atom. The maximum Gasteiger partial charge on any atom is 0.253 e. The van der Waals surface area contributed by atoms with Crippen molar-refractivity contribution in [3.8, 4) is 0 Å². The number of carbonyl (C=O) groups is 2. The first-order valence-corrected chi connectivity index (χ1v) is 9.33. The van der Waals surface area contributed by atoms with E-state index in [9.17, 15) is 9.59 Å². The van der Waals surface area contributed by atoms with E-state index in [-0.39, 0.29) is 22.5 Å². The summed E-state index contributed by atoms with van der Waals surface area (Å²) in [5.74, 6) is -0.571. The molecule has 0 aliphatic carbocycles. The maximum atomic E-state index is 12.5. The van der Waals surface area contributed by atoms with Crippen LogP contribution in [0.1, 0.15) is 42.3 Å². The van der Waals surface area contributed by atoms with Gasteiger partial charge in [-0.2, -0.15) is 0 Å². The number of anilines is 1. The van der Waals surface area contributed by atoms with Gasteiger partial charge in [-0.25, -0.2) is 0 Å². The maximum absolute atomic E-state index is 12.5. The molecule has 2 amide bonds. The highest BCUT2D eigenvalue weighted by Gasteiger charge is 2.18. The normalized spacial score (nSPS) is 11.1. The van der Waals surface area contributed by atoms with Gasteiger partial charge in [-0.05, 0) is 63.7 Å². The van der Waals surface area contributed by atoms with E-state index in [4.69, 9.17) is 12.2 Å². The van der Waals surface area contributed by atoms with Gasteiger partial charge in [-0.1, -0.05) is 42.0 Å². The molecule has 0 atom stereocenters. The van der Waals surface area contributed by atoms with Crippen molar-refractivity contribution in [1.29, 1.82) is 0 Å². The molecule has 0 radical (unpaired) electrons. The molecular formula is C22H25N3O2S. The molecule has 0 spiro atoms. The molecule has 28 heavy (non-hydrogen) atoms. The van der Waals surface area contributed by atoms with Crippen molar-refractivity contribution in [1.82, 2.24) is 10.6 Å². The summed E-state index contributed by atoms with van der Waals surface area (Å²) in [6.07, 6.45) is 3.12. The van der Waals surface area contributed by atoms with E-state index in [1.54, 1.807) is 30.3 Å². The summed E-state index contributed by atoms with van der Waals surface area (Å²) in [7, 11) is 0. The van der Waals surface area contributed by atoms with Crippen LogP contribution in [0.5, 0.6) is 0 Å². The number of nitrogens with one attached hydrogen (secondary N) is 3. The van der Waals surface area contributed by atoms with Gasteiger partial charge < -0.3 is 10.6 Å². The predicted octanol–water partition coefficient (Wildman–Crippen LogP) is 4.05. The van der Waals surface area contributed by atoms with Crippen LogP contribution in [0.3, 0.4) is 0 Å². The van der Waals surface area contributed by atoms with Gasteiger partial charge >= 0.3 is 0 Å². The average molecular weight is 396 g/mol. The Morgan fingerprint density at radius 1 is 1.00 bits per heavy atom. The largest absolute Gasteiger partial charge is 0.347 e. The highest BCUT2D eigenvalue weighted by atomic mass is 32.1. The lowest BCUT2D eigenvalue weighted by atomic mass is 10.1. The van der Waals surface area contributed by atoms with Gasteiger partial charge in [-0.3, -0.25) is 14.9 Å². The first kappa shape index (κ1) is 21.3. The highest BCUT2D eigenvalue weighted by molar-refractivity contribution is 7.80. The van der Waals surface area contributed by atoms with Gasteiger partial charge in [0, 0.05) is 11.6 Å². The van der Waals surface area contributed by atoms with Crippen LogP contribution in [-0.4, -0.2) is 22.5 Å². The second-order valence-electron chi connectivity index (χ2n) is 7.44. The van der Waals surface area contributed by atoms with Crippen molar-refractivity contribution in [3.63, 3.8) is 0 Å². The molecule has 146 valence electrons. The Kier molecular flexibility index (Phi) is 7.06. The molecular weight excluding hydrogens is 370 g/mol. The summed E-state index contributed by atoms with van der Waals surface area (Å²) in [6.45, 7) is 7.73. The van der Waals surface area contributed by atoms with Crippen LogP contribution < -0.4 is 16.0 Å². The van der Waals surface area contributed by atoms with Gasteiger partial charge in [0.05, 0.1) is 11.3 Å². The molecule has 0 heterocycles. The lowest BCUT2D eigenvalue weighted by Crippen LogP contribution is -2.41. The SMILES string of the molecule is Cc1ccc(C=CC(=O)NC(=S)Nc2ccccc2C(=O)NC(C)(C)C)cc1. The number of para-hydroxylation sites is 1. The number of aryl methyl sites for hydroxylation is 1. The summed E-state index contributed by atoms with van der Waals surface area (Å²) in [5.41, 5.74) is 2.69.